The Morgan fingerprint density at radius 2 is 1.33 bits per heavy atom. The van der Waals surface area contributed by atoms with Crippen molar-refractivity contribution >= 4 is 0 Å². The predicted molar refractivity (Wildman–Crippen MR) is 37.0 cm³/mol. The molecule has 2 heteroatoms. The normalized spacial score (nSPS) is 13.9. The Bertz CT molecular complexity index is 74.1. The van der Waals surface area contributed by atoms with Gasteiger partial charge in [-0.25, -0.2) is 0 Å². The van der Waals surface area contributed by atoms with Gasteiger partial charge in [-0.1, -0.05) is 0 Å². The first-order valence-electron chi connectivity index (χ1n) is 3.20. The molecule has 0 aliphatic rings. The standard InChI is InChI=1S/C7H16N.W/c1-6(2)8-7(3,4)5;/h8H,1-5H3;. The van der Waals surface area contributed by atoms with Gasteiger partial charge in [0.2, 0.25) is 0 Å². The monoisotopic (exact) mass is 298 g/mol. The molecule has 1 N–H and O–H groups in total. The summed E-state index contributed by atoms with van der Waals surface area (Å²) in [6.45, 7) is 11.0. The molecule has 0 heterocycles. The van der Waals surface area contributed by atoms with E-state index < -0.39 is 0 Å². The van der Waals surface area contributed by atoms with E-state index in [1.54, 1.807) is 19.8 Å². The van der Waals surface area contributed by atoms with E-state index in [9.17, 15) is 0 Å². The zero-order valence-electron chi connectivity index (χ0n) is 6.91. The van der Waals surface area contributed by atoms with Gasteiger partial charge in [-0.15, -0.1) is 0 Å². The summed E-state index contributed by atoms with van der Waals surface area (Å²) in [6.07, 6.45) is 0. The van der Waals surface area contributed by atoms with Crippen LogP contribution >= 0.6 is 0 Å². The maximum atomic E-state index is 3.50. The van der Waals surface area contributed by atoms with Crippen LogP contribution in [0.4, 0.5) is 0 Å². The van der Waals surface area contributed by atoms with E-state index in [0.29, 0.717) is 3.93 Å². The molecule has 0 aliphatic heterocycles. The average molecular weight is 298 g/mol. The van der Waals surface area contributed by atoms with Gasteiger partial charge in [0.15, 0.2) is 0 Å². The van der Waals surface area contributed by atoms with E-state index in [1.807, 2.05) is 0 Å². The van der Waals surface area contributed by atoms with Gasteiger partial charge < -0.3 is 0 Å². The minimum absolute atomic E-state index is 0.255. The van der Waals surface area contributed by atoms with Crippen LogP contribution in [0.2, 0.25) is 0 Å². The third-order valence-electron chi connectivity index (χ3n) is 0.676. The second-order valence-corrected chi connectivity index (χ2v) is 7.55. The van der Waals surface area contributed by atoms with Crippen molar-refractivity contribution in [2.24, 2.45) is 0 Å². The first-order chi connectivity index (χ1) is 3.71. The van der Waals surface area contributed by atoms with E-state index in [2.05, 4.69) is 39.9 Å². The zero-order chi connectivity index (χ0) is 7.71. The Morgan fingerprint density at radius 3 is 1.33 bits per heavy atom. The summed E-state index contributed by atoms with van der Waals surface area (Å²) in [5.41, 5.74) is 0.255. The molecule has 0 unspecified atom stereocenters. The molecule has 0 saturated heterocycles. The Balaban J connectivity index is 3.75. The maximum absolute atomic E-state index is 3.50. The van der Waals surface area contributed by atoms with Gasteiger partial charge >= 0.3 is 69.2 Å². The van der Waals surface area contributed by atoms with E-state index in [1.165, 1.54) is 0 Å². The van der Waals surface area contributed by atoms with Gasteiger partial charge in [-0.3, -0.25) is 0 Å². The summed E-state index contributed by atoms with van der Waals surface area (Å²) in [7, 11) is 0. The van der Waals surface area contributed by atoms with Crippen molar-refractivity contribution in [2.45, 2.75) is 44.1 Å². The molecule has 9 heavy (non-hydrogen) atoms. The molecular formula is C7H16NW. The van der Waals surface area contributed by atoms with Gasteiger partial charge in [-0.2, -0.15) is 0 Å². The van der Waals surface area contributed by atoms with Gasteiger partial charge in [0, 0.05) is 0 Å². The Labute approximate surface area is 69.5 Å². The molecule has 0 aromatic carbocycles. The van der Waals surface area contributed by atoms with Gasteiger partial charge in [0.1, 0.15) is 0 Å². The van der Waals surface area contributed by atoms with Crippen molar-refractivity contribution in [1.82, 2.24) is 5.32 Å². The zero-order valence-corrected chi connectivity index (χ0v) is 9.84. The van der Waals surface area contributed by atoms with Crippen LogP contribution in [0.25, 0.3) is 0 Å². The second kappa shape index (κ2) is 2.72. The third kappa shape index (κ3) is 8.65. The summed E-state index contributed by atoms with van der Waals surface area (Å²) in [5, 5.41) is 3.50. The average Bonchev–Trinajstić information content (AvgIpc) is 1.14. The molecule has 0 aliphatic carbocycles. The van der Waals surface area contributed by atoms with Crippen molar-refractivity contribution < 1.29 is 19.8 Å². The number of hydrogen-bond acceptors (Lipinski definition) is 1. The molecule has 0 spiro atoms. The molecular weight excluding hydrogens is 282 g/mol. The molecule has 0 atom stereocenters. The van der Waals surface area contributed by atoms with Crippen LogP contribution in [-0.4, -0.2) is 9.47 Å². The number of rotatable bonds is 1. The summed E-state index contributed by atoms with van der Waals surface area (Å²) >= 11 is 1.59. The Hall–Kier alpha value is 0.648. The fraction of sp³-hybridized carbons (Fsp3) is 1.00. The van der Waals surface area contributed by atoms with Crippen molar-refractivity contribution in [2.75, 3.05) is 0 Å². The van der Waals surface area contributed by atoms with Crippen molar-refractivity contribution in [1.29, 1.82) is 0 Å². The van der Waals surface area contributed by atoms with Crippen LogP contribution in [0.3, 0.4) is 0 Å². The third-order valence-corrected chi connectivity index (χ3v) is 1.04. The Kier molecular flexibility index (Phi) is 2.91. The fourth-order valence-electron chi connectivity index (χ4n) is 0.903. The second-order valence-electron chi connectivity index (χ2n) is 3.89. The topological polar surface area (TPSA) is 12.0 Å². The van der Waals surface area contributed by atoms with Crippen molar-refractivity contribution in [3.63, 3.8) is 0 Å². The summed E-state index contributed by atoms with van der Waals surface area (Å²) in [5.74, 6) is 0. The SMILES string of the molecule is CC(C)(C)N[C](C)(C)[W]. The molecule has 0 radical (unpaired) electrons. The molecule has 0 aromatic heterocycles. The summed E-state index contributed by atoms with van der Waals surface area (Å²) < 4.78 is 0.318. The minimum atomic E-state index is 0.255. The van der Waals surface area contributed by atoms with Crippen LogP contribution in [0.15, 0.2) is 0 Å². The van der Waals surface area contributed by atoms with E-state index in [0.717, 1.165) is 0 Å². The van der Waals surface area contributed by atoms with Crippen LogP contribution < -0.4 is 5.32 Å². The van der Waals surface area contributed by atoms with Crippen LogP contribution in [0.5, 0.6) is 0 Å². The van der Waals surface area contributed by atoms with E-state index in [4.69, 9.17) is 0 Å². The molecule has 1 nitrogen and oxygen atoms in total. The number of nitrogens with one attached hydrogen (secondary N) is 1. The first kappa shape index (κ1) is 9.65. The first-order valence-corrected chi connectivity index (χ1v) is 4.67. The van der Waals surface area contributed by atoms with Crippen molar-refractivity contribution in [3.8, 4) is 0 Å². The van der Waals surface area contributed by atoms with Gasteiger partial charge in [-0.05, 0) is 0 Å². The molecule has 0 saturated carbocycles. The van der Waals surface area contributed by atoms with Gasteiger partial charge in [0.25, 0.3) is 0 Å². The Morgan fingerprint density at radius 1 is 1.00 bits per heavy atom. The fourth-order valence-corrected chi connectivity index (χ4v) is 2.00. The van der Waals surface area contributed by atoms with E-state index >= 15 is 0 Å². The molecule has 0 fully saturated rings. The van der Waals surface area contributed by atoms with E-state index in [-0.39, 0.29) is 5.54 Å². The van der Waals surface area contributed by atoms with Crippen molar-refractivity contribution in [3.05, 3.63) is 0 Å². The van der Waals surface area contributed by atoms with Crippen LogP contribution in [0.1, 0.15) is 34.6 Å². The number of hydrogen-bond donors (Lipinski definition) is 1. The molecule has 0 amide bonds. The summed E-state index contributed by atoms with van der Waals surface area (Å²) in [4.78, 5) is 0. The molecule has 0 aromatic rings. The van der Waals surface area contributed by atoms with Gasteiger partial charge in [0.05, 0.1) is 0 Å². The predicted octanol–water partition coefficient (Wildman–Crippen LogP) is 1.66. The molecule has 0 bridgehead atoms. The molecule has 0 rings (SSSR count). The van der Waals surface area contributed by atoms with Crippen LogP contribution in [0, 0.1) is 0 Å². The quantitative estimate of drug-likeness (QED) is 0.776. The molecule has 55 valence electrons. The summed E-state index contributed by atoms with van der Waals surface area (Å²) in [6, 6.07) is 0. The van der Waals surface area contributed by atoms with Crippen LogP contribution in [-0.2, 0) is 19.8 Å².